The largest absolute Gasteiger partial charge is 0.478 e. The number of alkyl halides is 3. The maximum Gasteiger partial charge on any atom is 0.416 e. The SMILES string of the molecule is CCCCCCCCCNc1[nH]c2ccccc2c1[C@@H]1CSCN1C(=O)c1nc(C)sc1-c1ccc(F)cc1.O=C(O)c1cc(C(F)(F)F)cc2oc(S)cc12. The van der Waals surface area contributed by atoms with Crippen molar-refractivity contribution in [1.82, 2.24) is 14.9 Å². The minimum Gasteiger partial charge on any atom is -0.478 e. The van der Waals surface area contributed by atoms with E-state index in [0.717, 1.165) is 62.5 Å². The third-order valence-corrected chi connectivity index (χ3v) is 11.8. The monoisotopic (exact) mass is 826 g/mol. The molecule has 3 N–H and O–H groups in total. The van der Waals surface area contributed by atoms with Crippen LogP contribution in [0, 0.1) is 12.7 Å². The molecule has 6 aromatic rings. The Kier molecular flexibility index (Phi) is 13.4. The lowest BCUT2D eigenvalue weighted by Crippen LogP contribution is -2.32. The second-order valence-corrected chi connectivity index (χ2v) is 16.2. The van der Waals surface area contributed by atoms with Crippen molar-refractivity contribution in [3.63, 3.8) is 0 Å². The average Bonchev–Trinajstić information content (AvgIpc) is 3.96. The Balaban J connectivity index is 0.000000261. The fourth-order valence-electron chi connectivity index (χ4n) is 6.80. The fraction of sp³-hybridized carbons (Fsp3) is 0.341. The number of thioether (sulfide) groups is 1. The van der Waals surface area contributed by atoms with Crippen LogP contribution in [0.2, 0.25) is 0 Å². The number of halogens is 4. The summed E-state index contributed by atoms with van der Waals surface area (Å²) in [6.07, 6.45) is 4.27. The molecule has 1 saturated heterocycles. The van der Waals surface area contributed by atoms with Crippen LogP contribution in [0.1, 0.15) is 94.9 Å². The number of amides is 1. The molecule has 0 unspecified atom stereocenters. The first-order valence-corrected chi connectivity index (χ1v) is 20.8. The number of aryl methyl sites for hydroxylation is 1. The molecular weight excluding hydrogens is 785 g/mol. The molecule has 0 radical (unpaired) electrons. The highest BCUT2D eigenvalue weighted by Gasteiger charge is 2.37. The summed E-state index contributed by atoms with van der Waals surface area (Å²) < 4.78 is 56.0. The number of nitrogens with zero attached hydrogens (tertiary/aromatic N) is 2. The van der Waals surface area contributed by atoms with Gasteiger partial charge in [0, 0.05) is 34.2 Å². The number of thiazole rings is 1. The summed E-state index contributed by atoms with van der Waals surface area (Å²) in [5, 5.41) is 14.6. The van der Waals surface area contributed by atoms with Gasteiger partial charge in [0.15, 0.2) is 5.09 Å². The van der Waals surface area contributed by atoms with Crippen molar-refractivity contribution in [2.75, 3.05) is 23.5 Å². The van der Waals surface area contributed by atoms with Gasteiger partial charge in [0.25, 0.3) is 5.91 Å². The third-order valence-electron chi connectivity index (χ3n) is 9.53. The van der Waals surface area contributed by atoms with Gasteiger partial charge < -0.3 is 24.7 Å². The van der Waals surface area contributed by atoms with Gasteiger partial charge in [-0.05, 0) is 55.3 Å². The molecule has 8 nitrogen and oxygen atoms in total. The molecule has 7 rings (SSSR count). The lowest BCUT2D eigenvalue weighted by Gasteiger charge is -2.25. The molecule has 1 atom stereocenters. The Morgan fingerprint density at radius 3 is 2.45 bits per heavy atom. The van der Waals surface area contributed by atoms with Gasteiger partial charge in [-0.15, -0.1) is 35.7 Å². The van der Waals surface area contributed by atoms with Crippen LogP contribution >= 0.6 is 35.7 Å². The molecular formula is C41H42F4N4O4S3. The van der Waals surface area contributed by atoms with E-state index in [1.807, 2.05) is 17.9 Å². The molecule has 4 heterocycles. The summed E-state index contributed by atoms with van der Waals surface area (Å²) in [5.41, 5.74) is 1.83. The molecule has 3 aromatic heterocycles. The summed E-state index contributed by atoms with van der Waals surface area (Å²) in [6.45, 7) is 5.07. The van der Waals surface area contributed by atoms with Gasteiger partial charge in [-0.2, -0.15) is 13.2 Å². The van der Waals surface area contributed by atoms with Gasteiger partial charge in [0.05, 0.1) is 32.9 Å². The highest BCUT2D eigenvalue weighted by atomic mass is 32.2. The average molecular weight is 827 g/mol. The van der Waals surface area contributed by atoms with Crippen molar-refractivity contribution in [2.24, 2.45) is 0 Å². The van der Waals surface area contributed by atoms with Gasteiger partial charge in [-0.1, -0.05) is 75.8 Å². The molecule has 0 spiro atoms. The summed E-state index contributed by atoms with van der Waals surface area (Å²) in [6, 6.07) is 17.2. The van der Waals surface area contributed by atoms with Crippen molar-refractivity contribution in [1.29, 1.82) is 0 Å². The number of thiol groups is 1. The molecule has 56 heavy (non-hydrogen) atoms. The molecule has 0 bridgehead atoms. The van der Waals surface area contributed by atoms with Crippen LogP contribution in [-0.2, 0) is 6.18 Å². The third kappa shape index (κ3) is 9.55. The predicted molar refractivity (Wildman–Crippen MR) is 219 cm³/mol. The number of aromatic nitrogens is 2. The van der Waals surface area contributed by atoms with Gasteiger partial charge in [0.2, 0.25) is 0 Å². The number of carboxylic acids is 1. The normalized spacial score (nSPS) is 14.3. The lowest BCUT2D eigenvalue weighted by molar-refractivity contribution is -0.137. The number of H-pyrrole nitrogens is 1. The summed E-state index contributed by atoms with van der Waals surface area (Å²) in [7, 11) is 0. The Hall–Kier alpha value is -4.47. The highest BCUT2D eigenvalue weighted by molar-refractivity contribution is 7.99. The van der Waals surface area contributed by atoms with Crippen molar-refractivity contribution in [3.05, 3.63) is 99.9 Å². The topological polar surface area (TPSA) is 111 Å². The zero-order valence-corrected chi connectivity index (χ0v) is 33.4. The zero-order chi connectivity index (χ0) is 40.0. The van der Waals surface area contributed by atoms with Gasteiger partial charge in [-0.25, -0.2) is 14.2 Å². The van der Waals surface area contributed by atoms with Gasteiger partial charge >= 0.3 is 12.1 Å². The first kappa shape index (κ1) is 41.2. The summed E-state index contributed by atoms with van der Waals surface area (Å²) in [5.74, 6) is 0.640. The maximum atomic E-state index is 14.0. The molecule has 1 amide bonds. The van der Waals surface area contributed by atoms with Crippen LogP contribution in [0.5, 0.6) is 0 Å². The Bertz CT molecular complexity index is 2300. The molecule has 3 aromatic carbocycles. The minimum atomic E-state index is -4.62. The highest BCUT2D eigenvalue weighted by Crippen LogP contribution is 2.43. The Morgan fingerprint density at radius 2 is 1.73 bits per heavy atom. The van der Waals surface area contributed by atoms with Crippen LogP contribution in [0.25, 0.3) is 32.3 Å². The smallest absolute Gasteiger partial charge is 0.416 e. The molecule has 1 aliphatic heterocycles. The number of furan rings is 1. The minimum absolute atomic E-state index is 0.0572. The first-order valence-electron chi connectivity index (χ1n) is 18.4. The van der Waals surface area contributed by atoms with Crippen LogP contribution < -0.4 is 5.32 Å². The van der Waals surface area contributed by atoms with Crippen LogP contribution in [0.3, 0.4) is 0 Å². The number of anilines is 1. The van der Waals surface area contributed by atoms with Crippen LogP contribution in [-0.4, -0.2) is 50.0 Å². The number of carbonyl (C=O) groups excluding carboxylic acids is 1. The van der Waals surface area contributed by atoms with Crippen LogP contribution in [0.4, 0.5) is 23.4 Å². The van der Waals surface area contributed by atoms with Gasteiger partial charge in [-0.3, -0.25) is 4.79 Å². The number of aromatic carboxylic acids is 1. The maximum absolute atomic E-state index is 14.0. The van der Waals surface area contributed by atoms with Crippen LogP contribution in [0.15, 0.2) is 76.2 Å². The fourth-order valence-corrected chi connectivity index (χ4v) is 9.11. The molecule has 15 heteroatoms. The number of fused-ring (bicyclic) bond motifs is 2. The molecule has 296 valence electrons. The van der Waals surface area contributed by atoms with E-state index in [1.54, 1.807) is 23.9 Å². The van der Waals surface area contributed by atoms with E-state index in [1.165, 1.54) is 68.1 Å². The zero-order valence-electron chi connectivity index (χ0n) is 30.8. The van der Waals surface area contributed by atoms with E-state index >= 15 is 0 Å². The molecule has 0 saturated carbocycles. The van der Waals surface area contributed by atoms with E-state index in [-0.39, 0.29) is 33.8 Å². The Labute approximate surface area is 335 Å². The van der Waals surface area contributed by atoms with Crippen molar-refractivity contribution < 1.29 is 36.7 Å². The predicted octanol–water partition coefficient (Wildman–Crippen LogP) is 12.2. The van der Waals surface area contributed by atoms with Crippen molar-refractivity contribution >= 4 is 75.3 Å². The number of carbonyl (C=O) groups is 2. The second-order valence-electron chi connectivity index (χ2n) is 13.5. The molecule has 0 aliphatic carbocycles. The summed E-state index contributed by atoms with van der Waals surface area (Å²) in [4.78, 5) is 35.9. The number of unbranched alkanes of at least 4 members (excludes halogenated alkanes) is 6. The number of nitrogens with one attached hydrogen (secondary N) is 2. The van der Waals surface area contributed by atoms with Gasteiger partial charge in [0.1, 0.15) is 22.9 Å². The first-order chi connectivity index (χ1) is 26.8. The summed E-state index contributed by atoms with van der Waals surface area (Å²) >= 11 is 7.07. The van der Waals surface area contributed by atoms with E-state index in [2.05, 4.69) is 53.0 Å². The van der Waals surface area contributed by atoms with Crippen molar-refractivity contribution in [2.45, 2.75) is 76.1 Å². The van der Waals surface area contributed by atoms with E-state index < -0.39 is 23.3 Å². The quantitative estimate of drug-likeness (QED) is 0.0521. The molecule has 1 aliphatic rings. The van der Waals surface area contributed by atoms with E-state index in [0.29, 0.717) is 17.6 Å². The number of carboxylic acid groups (broad SMARTS) is 1. The Morgan fingerprint density at radius 1 is 1.02 bits per heavy atom. The van der Waals surface area contributed by atoms with Crippen molar-refractivity contribution in [3.8, 4) is 10.4 Å². The van der Waals surface area contributed by atoms with E-state index in [4.69, 9.17) is 9.52 Å². The standard InChI is InChI=1S/C31H37FN4OS2.C10H5F3O3S/c1-3-4-5-6-7-8-11-18-33-30-27(24-12-9-10-13-25(24)35-30)26-19-38-20-36(26)31(37)28-29(39-21(2)34-28)22-14-16-23(32)17-15-22;11-10(12,13)4-1-6(9(14)15)5-3-8(17)16-7(5)2-4/h9-10,12-17,26,33,35H,3-8,11,18-20H2,1-2H3;1-3,17H,(H,14,15)/t26-;/m0./s1. The number of aromatic amines is 1. The number of benzene rings is 3. The number of rotatable bonds is 13. The van der Waals surface area contributed by atoms with E-state index in [9.17, 15) is 27.2 Å². The number of hydrogen-bond donors (Lipinski definition) is 4. The number of para-hydroxylation sites is 1. The molecule has 1 fully saturated rings. The lowest BCUT2D eigenvalue weighted by atomic mass is 10.0. The number of hydrogen-bond acceptors (Lipinski definition) is 8. The second kappa shape index (κ2) is 18.2.